The molecule has 0 aromatic heterocycles. The molecule has 0 spiro atoms. The number of hydrogen-bond donors (Lipinski definition) is 0. The van der Waals surface area contributed by atoms with Gasteiger partial charge in [0.05, 0.1) is 6.61 Å². The first kappa shape index (κ1) is 15.6. The summed E-state index contributed by atoms with van der Waals surface area (Å²) in [4.78, 5) is 24.6. The average Bonchev–Trinajstić information content (AvgIpc) is 2.45. The predicted octanol–water partition coefficient (Wildman–Crippen LogP) is 3.20. The summed E-state index contributed by atoms with van der Waals surface area (Å²) in [6, 6.07) is 3.45. The molecule has 0 heterocycles. The van der Waals surface area contributed by atoms with Gasteiger partial charge in [-0.2, -0.15) is 0 Å². The third-order valence-corrected chi connectivity index (χ3v) is 3.95. The first-order chi connectivity index (χ1) is 9.99. The van der Waals surface area contributed by atoms with Crippen LogP contribution in [0.2, 0.25) is 0 Å². The van der Waals surface area contributed by atoms with Crippen LogP contribution in [0.25, 0.3) is 0 Å². The molecule has 0 N–H and O–H groups in total. The number of carbonyl (C=O) groups excluding carboxylic acids is 2. The molecule has 21 heavy (non-hydrogen) atoms. The second-order valence-electron chi connectivity index (χ2n) is 5.36. The van der Waals surface area contributed by atoms with Crippen LogP contribution in [-0.4, -0.2) is 18.4 Å². The van der Waals surface area contributed by atoms with Gasteiger partial charge in [0.2, 0.25) is 0 Å². The van der Waals surface area contributed by atoms with Crippen LogP contribution >= 0.6 is 0 Å². The average molecular weight is 296 g/mol. The van der Waals surface area contributed by atoms with Crippen LogP contribution in [0, 0.1) is 17.0 Å². The second-order valence-corrected chi connectivity index (χ2v) is 5.36. The standard InChI is InChI=1S/C16H18F2O3/c1-2-21-15(20)16(8-4-3-5-14(16)19)10-11-6-7-12(17)13(18)9-11/h6-7,9H,2-5,8,10H2,1H3. The lowest BCUT2D eigenvalue weighted by Crippen LogP contribution is -2.44. The Hall–Kier alpha value is -1.78. The van der Waals surface area contributed by atoms with Crippen molar-refractivity contribution in [2.45, 2.75) is 39.0 Å². The fraction of sp³-hybridized carbons (Fsp3) is 0.500. The van der Waals surface area contributed by atoms with Gasteiger partial charge in [-0.1, -0.05) is 12.5 Å². The largest absolute Gasteiger partial charge is 0.465 e. The van der Waals surface area contributed by atoms with Gasteiger partial charge in [-0.15, -0.1) is 0 Å². The van der Waals surface area contributed by atoms with E-state index in [0.717, 1.165) is 25.0 Å². The molecule has 1 saturated carbocycles. The quantitative estimate of drug-likeness (QED) is 0.633. The summed E-state index contributed by atoms with van der Waals surface area (Å²) in [5, 5.41) is 0. The molecule has 1 atom stereocenters. The van der Waals surface area contributed by atoms with Crippen molar-refractivity contribution in [3.63, 3.8) is 0 Å². The SMILES string of the molecule is CCOC(=O)C1(Cc2ccc(F)c(F)c2)CCCCC1=O. The van der Waals surface area contributed by atoms with E-state index in [1.165, 1.54) is 6.07 Å². The van der Waals surface area contributed by atoms with E-state index in [1.54, 1.807) is 6.92 Å². The van der Waals surface area contributed by atoms with E-state index in [9.17, 15) is 18.4 Å². The summed E-state index contributed by atoms with van der Waals surface area (Å²) in [5.41, 5.74) is -0.823. The molecule has 0 radical (unpaired) electrons. The van der Waals surface area contributed by atoms with Crippen LogP contribution < -0.4 is 0 Å². The number of esters is 1. The highest BCUT2D eigenvalue weighted by atomic mass is 19.2. The summed E-state index contributed by atoms with van der Waals surface area (Å²) in [5.74, 6) is -2.65. The molecule has 114 valence electrons. The summed E-state index contributed by atoms with van der Waals surface area (Å²) >= 11 is 0. The molecule has 1 aromatic carbocycles. The minimum Gasteiger partial charge on any atom is -0.465 e. The highest BCUT2D eigenvalue weighted by molar-refractivity contribution is 6.04. The minimum absolute atomic E-state index is 0.0574. The zero-order chi connectivity index (χ0) is 15.5. The van der Waals surface area contributed by atoms with Crippen molar-refractivity contribution in [1.82, 2.24) is 0 Å². The fourth-order valence-corrected chi connectivity index (χ4v) is 2.83. The molecule has 1 aliphatic carbocycles. The van der Waals surface area contributed by atoms with E-state index >= 15 is 0 Å². The normalized spacial score (nSPS) is 22.1. The second kappa shape index (κ2) is 6.33. The van der Waals surface area contributed by atoms with Crippen LogP contribution in [0.1, 0.15) is 38.2 Å². The Morgan fingerprint density at radius 1 is 1.29 bits per heavy atom. The molecule has 3 nitrogen and oxygen atoms in total. The summed E-state index contributed by atoms with van der Waals surface area (Å²) < 4.78 is 31.4. The van der Waals surface area contributed by atoms with Gasteiger partial charge in [-0.3, -0.25) is 9.59 Å². The lowest BCUT2D eigenvalue weighted by Gasteiger charge is -2.33. The van der Waals surface area contributed by atoms with Gasteiger partial charge in [0.15, 0.2) is 17.4 Å². The maximum atomic E-state index is 13.3. The Morgan fingerprint density at radius 3 is 2.67 bits per heavy atom. The number of Topliss-reactive ketones (excluding diaryl/α,β-unsaturated/α-hetero) is 1. The third kappa shape index (κ3) is 3.12. The maximum absolute atomic E-state index is 13.3. The smallest absolute Gasteiger partial charge is 0.319 e. The molecule has 0 saturated heterocycles. The van der Waals surface area contributed by atoms with Gasteiger partial charge in [0, 0.05) is 6.42 Å². The number of benzene rings is 1. The van der Waals surface area contributed by atoms with Gasteiger partial charge in [0.25, 0.3) is 0 Å². The molecule has 0 bridgehead atoms. The molecule has 1 aliphatic rings. The lowest BCUT2D eigenvalue weighted by molar-refractivity contribution is -0.162. The molecule has 2 rings (SSSR count). The van der Waals surface area contributed by atoms with Crippen molar-refractivity contribution in [3.8, 4) is 0 Å². The Kier molecular flexibility index (Phi) is 4.70. The molecule has 0 amide bonds. The molecular weight excluding hydrogens is 278 g/mol. The van der Waals surface area contributed by atoms with E-state index in [4.69, 9.17) is 4.74 Å². The number of ether oxygens (including phenoxy) is 1. The fourth-order valence-electron chi connectivity index (χ4n) is 2.83. The molecule has 1 aromatic rings. The van der Waals surface area contributed by atoms with E-state index < -0.39 is 23.0 Å². The summed E-state index contributed by atoms with van der Waals surface area (Å²) in [7, 11) is 0. The topological polar surface area (TPSA) is 43.4 Å². The van der Waals surface area contributed by atoms with E-state index in [2.05, 4.69) is 0 Å². The summed E-state index contributed by atoms with van der Waals surface area (Å²) in [6.45, 7) is 1.86. The van der Waals surface area contributed by atoms with Crippen LogP contribution in [0.5, 0.6) is 0 Å². The van der Waals surface area contributed by atoms with Crippen LogP contribution in [0.3, 0.4) is 0 Å². The number of halogens is 2. The molecular formula is C16H18F2O3. The zero-order valence-electron chi connectivity index (χ0n) is 12.0. The predicted molar refractivity (Wildman–Crippen MR) is 72.6 cm³/mol. The monoisotopic (exact) mass is 296 g/mol. The Balaban J connectivity index is 2.33. The van der Waals surface area contributed by atoms with Crippen molar-refractivity contribution in [1.29, 1.82) is 0 Å². The molecule has 1 fully saturated rings. The lowest BCUT2D eigenvalue weighted by atomic mass is 9.69. The maximum Gasteiger partial charge on any atom is 0.319 e. The molecule has 0 aliphatic heterocycles. The van der Waals surface area contributed by atoms with Gasteiger partial charge in [-0.25, -0.2) is 8.78 Å². The Labute approximate surface area is 122 Å². The third-order valence-electron chi connectivity index (χ3n) is 3.95. The highest BCUT2D eigenvalue weighted by Crippen LogP contribution is 2.38. The summed E-state index contributed by atoms with van der Waals surface area (Å²) in [6.07, 6.45) is 2.26. The molecule has 1 unspecified atom stereocenters. The number of hydrogen-bond acceptors (Lipinski definition) is 3. The number of ketones is 1. The van der Waals surface area contributed by atoms with Crippen molar-refractivity contribution in [2.75, 3.05) is 6.61 Å². The van der Waals surface area contributed by atoms with Crippen molar-refractivity contribution < 1.29 is 23.1 Å². The van der Waals surface area contributed by atoms with E-state index in [-0.39, 0.29) is 18.8 Å². The minimum atomic E-state index is -1.25. The van der Waals surface area contributed by atoms with Gasteiger partial charge in [0.1, 0.15) is 5.41 Å². The van der Waals surface area contributed by atoms with E-state index in [0.29, 0.717) is 18.4 Å². The number of carbonyl (C=O) groups is 2. The highest BCUT2D eigenvalue weighted by Gasteiger charge is 2.47. The van der Waals surface area contributed by atoms with Crippen molar-refractivity contribution in [2.24, 2.45) is 5.41 Å². The first-order valence-corrected chi connectivity index (χ1v) is 7.14. The first-order valence-electron chi connectivity index (χ1n) is 7.14. The van der Waals surface area contributed by atoms with Gasteiger partial charge < -0.3 is 4.74 Å². The van der Waals surface area contributed by atoms with Gasteiger partial charge in [-0.05, 0) is 43.9 Å². The Bertz CT molecular complexity index is 556. The Morgan fingerprint density at radius 2 is 2.05 bits per heavy atom. The molecule has 5 heteroatoms. The van der Waals surface area contributed by atoms with Crippen molar-refractivity contribution in [3.05, 3.63) is 35.4 Å². The van der Waals surface area contributed by atoms with Crippen LogP contribution in [0.15, 0.2) is 18.2 Å². The zero-order valence-corrected chi connectivity index (χ0v) is 12.0. The van der Waals surface area contributed by atoms with Crippen LogP contribution in [-0.2, 0) is 20.7 Å². The van der Waals surface area contributed by atoms with Crippen molar-refractivity contribution >= 4 is 11.8 Å². The van der Waals surface area contributed by atoms with E-state index in [1.807, 2.05) is 0 Å². The number of rotatable bonds is 4. The van der Waals surface area contributed by atoms with Crippen LogP contribution in [0.4, 0.5) is 8.78 Å². The van der Waals surface area contributed by atoms with Gasteiger partial charge >= 0.3 is 5.97 Å².